The van der Waals surface area contributed by atoms with Gasteiger partial charge in [0.25, 0.3) is 0 Å². The summed E-state index contributed by atoms with van der Waals surface area (Å²) < 4.78 is 49.0. The number of hydrogen-bond donors (Lipinski definition) is 4. The number of carboxylic acids is 2. The van der Waals surface area contributed by atoms with Crippen LogP contribution in [0.4, 0.5) is 0 Å². The van der Waals surface area contributed by atoms with E-state index in [1.807, 2.05) is 0 Å². The first-order valence-corrected chi connectivity index (χ1v) is 10.5. The van der Waals surface area contributed by atoms with Crippen LogP contribution in [0.25, 0.3) is 0 Å². The average Bonchev–Trinajstić information content (AvgIpc) is 2.28. The third kappa shape index (κ3) is 9.60. The largest absolute Gasteiger partial charge is 0.478 e. The molecule has 0 saturated carbocycles. The molecule has 0 aromatic carbocycles. The van der Waals surface area contributed by atoms with Crippen molar-refractivity contribution in [2.75, 3.05) is 12.5 Å². The van der Waals surface area contributed by atoms with Gasteiger partial charge in [0.1, 0.15) is 0 Å². The van der Waals surface area contributed by atoms with E-state index in [1.165, 1.54) is 13.8 Å². The fourth-order valence-electron chi connectivity index (χ4n) is 2.11. The molecule has 24 heavy (non-hydrogen) atoms. The molecule has 12 heteroatoms. The SMILES string of the molecule is C[C@H](CC(C(=O)O)=C(C[C@@H](C)NS(C)(=O)=O)C(=O)O)NS(C)(=O)=O. The van der Waals surface area contributed by atoms with Crippen LogP contribution in [0.3, 0.4) is 0 Å². The quantitative estimate of drug-likeness (QED) is 0.351. The highest BCUT2D eigenvalue weighted by atomic mass is 32.2. The van der Waals surface area contributed by atoms with E-state index in [4.69, 9.17) is 0 Å². The highest BCUT2D eigenvalue weighted by Gasteiger charge is 2.25. The minimum Gasteiger partial charge on any atom is -0.478 e. The standard InChI is InChI=1S/C12H22N2O8S2/c1-7(13-23(3,19)20)5-9(11(15)16)10(12(17)18)6-8(2)14-24(4,21)22/h7-8,13-14H,5-6H2,1-4H3,(H,15,16)(H,17,18)/t7-,8-/m1/s1. The van der Waals surface area contributed by atoms with Crippen LogP contribution in [0.1, 0.15) is 26.7 Å². The molecule has 0 heterocycles. The highest BCUT2D eigenvalue weighted by molar-refractivity contribution is 7.89. The fourth-order valence-corrected chi connectivity index (χ4v) is 3.73. The van der Waals surface area contributed by atoms with Gasteiger partial charge in [-0.2, -0.15) is 0 Å². The second kappa shape index (κ2) is 8.55. The zero-order valence-corrected chi connectivity index (χ0v) is 15.4. The first kappa shape index (κ1) is 22.5. The molecule has 0 fully saturated rings. The van der Waals surface area contributed by atoms with Gasteiger partial charge in [-0.05, 0) is 26.7 Å². The Morgan fingerprint density at radius 2 is 1.04 bits per heavy atom. The summed E-state index contributed by atoms with van der Waals surface area (Å²) in [7, 11) is -7.18. The van der Waals surface area contributed by atoms with Crippen molar-refractivity contribution >= 4 is 32.0 Å². The summed E-state index contributed by atoms with van der Waals surface area (Å²) in [6.45, 7) is 2.78. The molecular formula is C12H22N2O8S2. The van der Waals surface area contributed by atoms with Gasteiger partial charge < -0.3 is 10.2 Å². The summed E-state index contributed by atoms with van der Waals surface area (Å²) in [6, 6.07) is -1.70. The summed E-state index contributed by atoms with van der Waals surface area (Å²) in [5.74, 6) is -3.03. The molecule has 0 unspecified atom stereocenters. The number of carbonyl (C=O) groups is 2. The second-order valence-corrected chi connectivity index (χ2v) is 9.12. The lowest BCUT2D eigenvalue weighted by Crippen LogP contribution is -2.35. The maximum absolute atomic E-state index is 11.4. The van der Waals surface area contributed by atoms with Crippen molar-refractivity contribution in [2.45, 2.75) is 38.8 Å². The van der Waals surface area contributed by atoms with Crippen LogP contribution >= 0.6 is 0 Å². The molecule has 140 valence electrons. The third-order valence-corrected chi connectivity index (χ3v) is 4.39. The van der Waals surface area contributed by atoms with Gasteiger partial charge in [-0.1, -0.05) is 0 Å². The number of hydrogen-bond acceptors (Lipinski definition) is 6. The molecule has 0 saturated heterocycles. The van der Waals surface area contributed by atoms with E-state index >= 15 is 0 Å². The van der Waals surface area contributed by atoms with Crippen LogP contribution in [-0.4, -0.2) is 63.6 Å². The zero-order valence-electron chi connectivity index (χ0n) is 13.7. The molecule has 0 aliphatic rings. The van der Waals surface area contributed by atoms with Crippen LogP contribution in [0.2, 0.25) is 0 Å². The second-order valence-electron chi connectivity index (χ2n) is 5.56. The van der Waals surface area contributed by atoms with Crippen LogP contribution in [0, 0.1) is 0 Å². The van der Waals surface area contributed by atoms with Gasteiger partial charge in [0.05, 0.1) is 12.5 Å². The average molecular weight is 386 g/mol. The molecule has 0 amide bonds. The van der Waals surface area contributed by atoms with Gasteiger partial charge in [0, 0.05) is 23.2 Å². The van der Waals surface area contributed by atoms with Crippen LogP contribution in [0.5, 0.6) is 0 Å². The first-order valence-electron chi connectivity index (χ1n) is 6.75. The smallest absolute Gasteiger partial charge is 0.332 e. The number of rotatable bonds is 10. The van der Waals surface area contributed by atoms with Crippen molar-refractivity contribution in [3.63, 3.8) is 0 Å². The predicted molar refractivity (Wildman–Crippen MR) is 86.4 cm³/mol. The molecule has 0 radical (unpaired) electrons. The van der Waals surface area contributed by atoms with E-state index in [1.54, 1.807) is 0 Å². The number of aliphatic carboxylic acids is 2. The topological polar surface area (TPSA) is 167 Å². The van der Waals surface area contributed by atoms with Crippen molar-refractivity contribution in [3.8, 4) is 0 Å². The molecular weight excluding hydrogens is 364 g/mol. The Morgan fingerprint density at radius 1 is 0.792 bits per heavy atom. The van der Waals surface area contributed by atoms with Crippen LogP contribution in [0.15, 0.2) is 11.1 Å². The van der Waals surface area contributed by atoms with E-state index in [0.717, 1.165) is 12.5 Å². The first-order chi connectivity index (χ1) is 10.6. The zero-order chi connectivity index (χ0) is 19.3. The van der Waals surface area contributed by atoms with E-state index < -0.39 is 55.2 Å². The van der Waals surface area contributed by atoms with Gasteiger partial charge in [-0.15, -0.1) is 0 Å². The van der Waals surface area contributed by atoms with Gasteiger partial charge in [0.2, 0.25) is 20.0 Å². The van der Waals surface area contributed by atoms with E-state index in [-0.39, 0.29) is 12.8 Å². The van der Waals surface area contributed by atoms with E-state index in [2.05, 4.69) is 9.44 Å². The number of carboxylic acid groups (broad SMARTS) is 2. The molecule has 0 aromatic heterocycles. The summed E-state index contributed by atoms with van der Waals surface area (Å²) in [5, 5.41) is 18.5. The van der Waals surface area contributed by atoms with E-state index in [0.29, 0.717) is 0 Å². The molecule has 0 spiro atoms. The summed E-state index contributed by atoms with van der Waals surface area (Å²) >= 11 is 0. The normalized spacial score (nSPS) is 16.2. The van der Waals surface area contributed by atoms with Crippen molar-refractivity contribution in [3.05, 3.63) is 11.1 Å². The lowest BCUT2D eigenvalue weighted by molar-refractivity contribution is -0.136. The molecule has 0 aromatic rings. The minimum atomic E-state index is -3.59. The van der Waals surface area contributed by atoms with Crippen molar-refractivity contribution < 1.29 is 36.6 Å². The Morgan fingerprint density at radius 3 is 1.21 bits per heavy atom. The number of nitrogens with one attached hydrogen (secondary N) is 2. The Hall–Kier alpha value is -1.50. The third-order valence-electron chi connectivity index (χ3n) is 2.73. The van der Waals surface area contributed by atoms with Gasteiger partial charge in [-0.25, -0.2) is 35.9 Å². The maximum Gasteiger partial charge on any atom is 0.332 e. The summed E-state index contributed by atoms with van der Waals surface area (Å²) in [5.41, 5.74) is -0.985. The van der Waals surface area contributed by atoms with Gasteiger partial charge in [0.15, 0.2) is 0 Å². The molecule has 0 aliphatic heterocycles. The van der Waals surface area contributed by atoms with Crippen LogP contribution < -0.4 is 9.44 Å². The van der Waals surface area contributed by atoms with Gasteiger partial charge in [-0.3, -0.25) is 0 Å². The monoisotopic (exact) mass is 386 g/mol. The van der Waals surface area contributed by atoms with Crippen molar-refractivity contribution in [2.24, 2.45) is 0 Å². The molecule has 2 atom stereocenters. The van der Waals surface area contributed by atoms with Crippen LogP contribution in [-0.2, 0) is 29.6 Å². The van der Waals surface area contributed by atoms with Crippen molar-refractivity contribution in [1.82, 2.24) is 9.44 Å². The van der Waals surface area contributed by atoms with E-state index in [9.17, 15) is 36.6 Å². The molecule has 0 bridgehead atoms. The summed E-state index contributed by atoms with van der Waals surface area (Å²) in [6.07, 6.45) is 1.05. The maximum atomic E-state index is 11.4. The molecule has 0 rings (SSSR count). The van der Waals surface area contributed by atoms with Gasteiger partial charge >= 0.3 is 11.9 Å². The van der Waals surface area contributed by atoms with Crippen molar-refractivity contribution in [1.29, 1.82) is 0 Å². The Balaban J connectivity index is 5.59. The molecule has 4 N–H and O–H groups in total. The molecule has 0 aliphatic carbocycles. The summed E-state index contributed by atoms with van der Waals surface area (Å²) in [4.78, 5) is 22.8. The molecule has 10 nitrogen and oxygen atoms in total. The number of sulfonamides is 2. The fraction of sp³-hybridized carbons (Fsp3) is 0.667. The predicted octanol–water partition coefficient (Wildman–Crippen LogP) is -0.892. The lowest BCUT2D eigenvalue weighted by atomic mass is 9.97. The minimum absolute atomic E-state index is 0.365. The Kier molecular flexibility index (Phi) is 8.02. The Labute approximate surface area is 141 Å². The lowest BCUT2D eigenvalue weighted by Gasteiger charge is -2.17. The highest BCUT2D eigenvalue weighted by Crippen LogP contribution is 2.18. The Bertz CT molecular complexity index is 662.